The molecule has 2 aromatic rings. The lowest BCUT2D eigenvalue weighted by molar-refractivity contribution is 0.706. The number of pyridine rings is 1. The fourth-order valence-electron chi connectivity index (χ4n) is 2.79. The Bertz CT molecular complexity index is 699. The van der Waals surface area contributed by atoms with Gasteiger partial charge in [-0.2, -0.15) is 0 Å². The molecule has 0 atom stereocenters. The van der Waals surface area contributed by atoms with Crippen LogP contribution in [0.4, 0.5) is 11.5 Å². The number of nitrogens with one attached hydrogen (secondary N) is 2. The largest absolute Gasteiger partial charge is 0.372 e. The molecule has 1 aromatic carbocycles. The molecule has 146 valence electrons. The van der Waals surface area contributed by atoms with Crippen molar-refractivity contribution in [3.63, 3.8) is 0 Å². The Labute approximate surface area is 163 Å². The lowest BCUT2D eigenvalue weighted by Crippen LogP contribution is -2.38. The number of nitrogens with zero attached hydrogens (tertiary/aromatic N) is 4. The highest BCUT2D eigenvalue weighted by molar-refractivity contribution is 5.79. The first-order valence-electron chi connectivity index (χ1n) is 9.51. The standard InChI is InChI=1S/C21H32N6/c1-5-27(19-12-7-6-8-13-19)16-10-15-23-21(22-2)24-17-18-11-9-14-20(25-18)26(3)4/h6-9,11-14H,5,10,15-17H2,1-4H3,(H2,22,23,24). The van der Waals surface area contributed by atoms with Crippen LogP contribution in [0, 0.1) is 0 Å². The first-order valence-corrected chi connectivity index (χ1v) is 9.51. The number of hydrogen-bond acceptors (Lipinski definition) is 4. The van der Waals surface area contributed by atoms with Crippen LogP contribution >= 0.6 is 0 Å². The van der Waals surface area contributed by atoms with Crippen LogP contribution in [-0.4, -0.2) is 51.7 Å². The molecule has 0 saturated carbocycles. The van der Waals surface area contributed by atoms with Crippen LogP contribution in [0.5, 0.6) is 0 Å². The number of aliphatic imine (C=N–C) groups is 1. The van der Waals surface area contributed by atoms with E-state index in [1.165, 1.54) is 5.69 Å². The molecule has 0 spiro atoms. The first-order chi connectivity index (χ1) is 13.1. The van der Waals surface area contributed by atoms with Gasteiger partial charge in [-0.3, -0.25) is 4.99 Å². The SMILES string of the molecule is CCN(CCCNC(=NC)NCc1cccc(N(C)C)n1)c1ccccc1. The maximum atomic E-state index is 4.62. The van der Waals surface area contributed by atoms with Gasteiger partial charge in [0.1, 0.15) is 5.82 Å². The Hall–Kier alpha value is -2.76. The summed E-state index contributed by atoms with van der Waals surface area (Å²) in [6.45, 7) is 5.72. The van der Waals surface area contributed by atoms with E-state index in [0.717, 1.165) is 43.5 Å². The number of rotatable bonds is 9. The zero-order valence-electron chi connectivity index (χ0n) is 16.9. The van der Waals surface area contributed by atoms with Crippen LogP contribution in [0.15, 0.2) is 53.5 Å². The van der Waals surface area contributed by atoms with E-state index in [0.29, 0.717) is 6.54 Å². The molecule has 0 bridgehead atoms. The maximum absolute atomic E-state index is 4.62. The lowest BCUT2D eigenvalue weighted by atomic mass is 10.2. The van der Waals surface area contributed by atoms with Crippen molar-refractivity contribution < 1.29 is 0 Å². The average molecular weight is 369 g/mol. The molecule has 0 aliphatic heterocycles. The van der Waals surface area contributed by atoms with Crippen LogP contribution in [0.3, 0.4) is 0 Å². The summed E-state index contributed by atoms with van der Waals surface area (Å²) in [5, 5.41) is 6.71. The molecule has 2 rings (SSSR count). The van der Waals surface area contributed by atoms with Crippen LogP contribution < -0.4 is 20.4 Å². The van der Waals surface area contributed by atoms with Crippen LogP contribution in [-0.2, 0) is 6.54 Å². The van der Waals surface area contributed by atoms with Gasteiger partial charge in [0.05, 0.1) is 12.2 Å². The Morgan fingerprint density at radius 2 is 1.81 bits per heavy atom. The molecule has 1 heterocycles. The van der Waals surface area contributed by atoms with Gasteiger partial charge in [0.15, 0.2) is 5.96 Å². The van der Waals surface area contributed by atoms with E-state index in [-0.39, 0.29) is 0 Å². The van der Waals surface area contributed by atoms with E-state index in [1.54, 1.807) is 7.05 Å². The van der Waals surface area contributed by atoms with Crippen LogP contribution in [0.25, 0.3) is 0 Å². The Balaban J connectivity index is 1.75. The van der Waals surface area contributed by atoms with E-state index >= 15 is 0 Å². The van der Waals surface area contributed by atoms with Crippen LogP contribution in [0.2, 0.25) is 0 Å². The topological polar surface area (TPSA) is 55.8 Å². The van der Waals surface area contributed by atoms with Gasteiger partial charge in [0.2, 0.25) is 0 Å². The van der Waals surface area contributed by atoms with Gasteiger partial charge in [0, 0.05) is 46.5 Å². The van der Waals surface area contributed by atoms with Crippen molar-refractivity contribution in [1.29, 1.82) is 0 Å². The molecule has 0 fully saturated rings. The average Bonchev–Trinajstić information content (AvgIpc) is 2.71. The molecule has 2 N–H and O–H groups in total. The predicted octanol–water partition coefficient (Wildman–Crippen LogP) is 2.73. The molecule has 6 nitrogen and oxygen atoms in total. The third-order valence-corrected chi connectivity index (χ3v) is 4.31. The second-order valence-corrected chi connectivity index (χ2v) is 6.50. The van der Waals surface area contributed by atoms with Gasteiger partial charge in [-0.15, -0.1) is 0 Å². The highest BCUT2D eigenvalue weighted by Crippen LogP contribution is 2.12. The number of hydrogen-bond donors (Lipinski definition) is 2. The quantitative estimate of drug-likeness (QED) is 0.405. The van der Waals surface area contributed by atoms with E-state index in [4.69, 9.17) is 0 Å². The minimum Gasteiger partial charge on any atom is -0.372 e. The molecular formula is C21H32N6. The third kappa shape index (κ3) is 6.81. The molecular weight excluding hydrogens is 336 g/mol. The third-order valence-electron chi connectivity index (χ3n) is 4.31. The monoisotopic (exact) mass is 368 g/mol. The Morgan fingerprint density at radius 3 is 2.48 bits per heavy atom. The zero-order valence-corrected chi connectivity index (χ0v) is 16.9. The van der Waals surface area contributed by atoms with Crippen molar-refractivity contribution in [3.05, 3.63) is 54.2 Å². The summed E-state index contributed by atoms with van der Waals surface area (Å²) in [6.07, 6.45) is 1.04. The number of para-hydroxylation sites is 1. The van der Waals surface area contributed by atoms with Gasteiger partial charge in [0.25, 0.3) is 0 Å². The summed E-state index contributed by atoms with van der Waals surface area (Å²) < 4.78 is 0. The van der Waals surface area contributed by atoms with Gasteiger partial charge in [-0.05, 0) is 37.6 Å². The fraction of sp³-hybridized carbons (Fsp3) is 0.429. The molecule has 1 aromatic heterocycles. The Kier molecular flexibility index (Phi) is 8.42. The summed E-state index contributed by atoms with van der Waals surface area (Å²) in [5.41, 5.74) is 2.26. The van der Waals surface area contributed by atoms with Gasteiger partial charge in [-0.1, -0.05) is 24.3 Å². The van der Waals surface area contributed by atoms with E-state index < -0.39 is 0 Å². The number of anilines is 2. The first kappa shape index (κ1) is 20.6. The summed E-state index contributed by atoms with van der Waals surface area (Å²) in [5.74, 6) is 1.76. The molecule has 0 amide bonds. The van der Waals surface area contributed by atoms with Crippen LogP contribution in [0.1, 0.15) is 19.0 Å². The van der Waals surface area contributed by atoms with Gasteiger partial charge >= 0.3 is 0 Å². The van der Waals surface area contributed by atoms with Gasteiger partial charge in [-0.25, -0.2) is 4.98 Å². The van der Waals surface area contributed by atoms with E-state index in [9.17, 15) is 0 Å². The summed E-state index contributed by atoms with van der Waals surface area (Å²) in [4.78, 5) is 13.3. The van der Waals surface area contributed by atoms with Crippen molar-refractivity contribution in [1.82, 2.24) is 15.6 Å². The fourth-order valence-corrected chi connectivity index (χ4v) is 2.79. The molecule has 0 radical (unpaired) electrons. The van der Waals surface area contributed by atoms with Crippen molar-refractivity contribution in [2.45, 2.75) is 19.9 Å². The molecule has 0 aliphatic rings. The van der Waals surface area contributed by atoms with Crippen molar-refractivity contribution in [2.24, 2.45) is 4.99 Å². The highest BCUT2D eigenvalue weighted by Gasteiger charge is 2.04. The summed E-state index contributed by atoms with van der Waals surface area (Å²) in [6, 6.07) is 16.6. The minimum absolute atomic E-state index is 0.645. The molecule has 27 heavy (non-hydrogen) atoms. The predicted molar refractivity (Wildman–Crippen MR) is 116 cm³/mol. The Morgan fingerprint density at radius 1 is 1.04 bits per heavy atom. The lowest BCUT2D eigenvalue weighted by Gasteiger charge is -2.23. The van der Waals surface area contributed by atoms with Gasteiger partial charge < -0.3 is 20.4 Å². The maximum Gasteiger partial charge on any atom is 0.191 e. The highest BCUT2D eigenvalue weighted by atomic mass is 15.2. The second kappa shape index (κ2) is 11.1. The van der Waals surface area contributed by atoms with E-state index in [1.807, 2.05) is 37.2 Å². The summed E-state index contributed by atoms with van der Waals surface area (Å²) >= 11 is 0. The summed E-state index contributed by atoms with van der Waals surface area (Å²) in [7, 11) is 5.78. The molecule has 0 aliphatic carbocycles. The number of benzene rings is 1. The zero-order chi connectivity index (χ0) is 19.5. The van der Waals surface area contributed by atoms with Crippen molar-refractivity contribution in [3.8, 4) is 0 Å². The number of guanidine groups is 1. The normalized spacial score (nSPS) is 11.2. The van der Waals surface area contributed by atoms with Crippen molar-refractivity contribution in [2.75, 3.05) is 50.6 Å². The smallest absolute Gasteiger partial charge is 0.191 e. The second-order valence-electron chi connectivity index (χ2n) is 6.50. The number of aromatic nitrogens is 1. The molecule has 0 saturated heterocycles. The van der Waals surface area contributed by atoms with E-state index in [2.05, 4.69) is 62.8 Å². The van der Waals surface area contributed by atoms with Crippen molar-refractivity contribution >= 4 is 17.5 Å². The minimum atomic E-state index is 0.645. The molecule has 0 unspecified atom stereocenters. The molecule has 6 heteroatoms.